The van der Waals surface area contributed by atoms with Gasteiger partial charge in [-0.2, -0.15) is 0 Å². The van der Waals surface area contributed by atoms with Crippen LogP contribution >= 0.6 is 0 Å². The first kappa shape index (κ1) is 13.8. The number of anilines is 1. The quantitative estimate of drug-likeness (QED) is 0.916. The van der Waals surface area contributed by atoms with E-state index in [0.29, 0.717) is 19.2 Å². The van der Waals surface area contributed by atoms with Gasteiger partial charge in [-0.15, -0.1) is 0 Å². The SMILES string of the molecule is CC1(C)CN(c2cccc(F)c2CNC2CC2)CCO1. The largest absolute Gasteiger partial charge is 0.372 e. The van der Waals surface area contributed by atoms with Gasteiger partial charge in [0.25, 0.3) is 0 Å². The van der Waals surface area contributed by atoms with Crippen molar-refractivity contribution in [1.82, 2.24) is 5.32 Å². The monoisotopic (exact) mass is 278 g/mol. The van der Waals surface area contributed by atoms with Crippen molar-refractivity contribution in [2.45, 2.75) is 44.9 Å². The lowest BCUT2D eigenvalue weighted by Gasteiger charge is -2.40. The van der Waals surface area contributed by atoms with E-state index in [4.69, 9.17) is 4.74 Å². The van der Waals surface area contributed by atoms with E-state index in [9.17, 15) is 4.39 Å². The molecule has 20 heavy (non-hydrogen) atoms. The fourth-order valence-corrected chi connectivity index (χ4v) is 2.77. The van der Waals surface area contributed by atoms with E-state index in [2.05, 4.69) is 24.1 Å². The number of morpholine rings is 1. The summed E-state index contributed by atoms with van der Waals surface area (Å²) in [4.78, 5) is 2.25. The standard InChI is InChI=1S/C16H23FN2O/c1-16(2)11-19(8-9-20-16)15-5-3-4-14(17)13(15)10-18-12-6-7-12/h3-5,12,18H,6-11H2,1-2H3. The smallest absolute Gasteiger partial charge is 0.129 e. The third-order valence-electron chi connectivity index (χ3n) is 4.01. The van der Waals surface area contributed by atoms with E-state index < -0.39 is 0 Å². The Labute approximate surface area is 120 Å². The molecular formula is C16H23FN2O. The van der Waals surface area contributed by atoms with Crippen molar-refractivity contribution in [3.05, 3.63) is 29.6 Å². The van der Waals surface area contributed by atoms with Crippen molar-refractivity contribution in [3.63, 3.8) is 0 Å². The second kappa shape index (κ2) is 5.34. The van der Waals surface area contributed by atoms with Gasteiger partial charge in [-0.25, -0.2) is 4.39 Å². The first-order chi connectivity index (χ1) is 9.55. The van der Waals surface area contributed by atoms with Crippen molar-refractivity contribution in [2.24, 2.45) is 0 Å². The second-order valence-electron chi connectivity index (χ2n) is 6.42. The molecule has 3 rings (SSSR count). The van der Waals surface area contributed by atoms with Gasteiger partial charge < -0.3 is 15.0 Å². The van der Waals surface area contributed by atoms with Crippen LogP contribution in [-0.2, 0) is 11.3 Å². The summed E-state index contributed by atoms with van der Waals surface area (Å²) in [5, 5.41) is 3.42. The van der Waals surface area contributed by atoms with Gasteiger partial charge in [0, 0.05) is 36.9 Å². The van der Waals surface area contributed by atoms with Gasteiger partial charge in [-0.1, -0.05) is 6.07 Å². The highest BCUT2D eigenvalue weighted by molar-refractivity contribution is 5.55. The molecule has 0 atom stereocenters. The third kappa shape index (κ3) is 3.13. The third-order valence-corrected chi connectivity index (χ3v) is 4.01. The summed E-state index contributed by atoms with van der Waals surface area (Å²) in [5.74, 6) is -0.111. The van der Waals surface area contributed by atoms with Crippen molar-refractivity contribution in [1.29, 1.82) is 0 Å². The predicted molar refractivity (Wildman–Crippen MR) is 78.5 cm³/mol. The topological polar surface area (TPSA) is 24.5 Å². The molecule has 3 nitrogen and oxygen atoms in total. The Morgan fingerprint density at radius 3 is 2.90 bits per heavy atom. The molecule has 1 saturated carbocycles. The van der Waals surface area contributed by atoms with Crippen LogP contribution in [0.25, 0.3) is 0 Å². The van der Waals surface area contributed by atoms with Crippen molar-refractivity contribution < 1.29 is 9.13 Å². The molecule has 110 valence electrons. The van der Waals surface area contributed by atoms with Crippen LogP contribution in [0.5, 0.6) is 0 Å². The summed E-state index contributed by atoms with van der Waals surface area (Å²) in [5.41, 5.74) is 1.62. The van der Waals surface area contributed by atoms with E-state index in [1.54, 1.807) is 12.1 Å². The number of hydrogen-bond acceptors (Lipinski definition) is 3. The van der Waals surface area contributed by atoms with Gasteiger partial charge >= 0.3 is 0 Å². The van der Waals surface area contributed by atoms with E-state index in [-0.39, 0.29) is 11.4 Å². The van der Waals surface area contributed by atoms with Gasteiger partial charge in [0.05, 0.1) is 12.2 Å². The van der Waals surface area contributed by atoms with Crippen LogP contribution in [-0.4, -0.2) is 31.3 Å². The van der Waals surface area contributed by atoms with Crippen LogP contribution in [0.15, 0.2) is 18.2 Å². The molecule has 0 amide bonds. The van der Waals surface area contributed by atoms with E-state index in [1.807, 2.05) is 6.07 Å². The molecule has 1 N–H and O–H groups in total. The van der Waals surface area contributed by atoms with Crippen LogP contribution in [0.4, 0.5) is 10.1 Å². The molecule has 1 heterocycles. The van der Waals surface area contributed by atoms with E-state index in [1.165, 1.54) is 12.8 Å². The maximum absolute atomic E-state index is 14.2. The molecule has 1 aliphatic carbocycles. The summed E-state index contributed by atoms with van der Waals surface area (Å²) < 4.78 is 19.9. The van der Waals surface area contributed by atoms with E-state index >= 15 is 0 Å². The van der Waals surface area contributed by atoms with E-state index in [0.717, 1.165) is 24.3 Å². The molecule has 4 heteroatoms. The number of hydrogen-bond donors (Lipinski definition) is 1. The van der Waals surface area contributed by atoms with Crippen LogP contribution < -0.4 is 10.2 Å². The lowest BCUT2D eigenvalue weighted by atomic mass is 10.0. The summed E-state index contributed by atoms with van der Waals surface area (Å²) in [6.07, 6.45) is 2.43. The number of benzene rings is 1. The fraction of sp³-hybridized carbons (Fsp3) is 0.625. The number of nitrogens with one attached hydrogen (secondary N) is 1. The first-order valence-electron chi connectivity index (χ1n) is 7.45. The van der Waals surface area contributed by atoms with Gasteiger partial charge in [0.15, 0.2) is 0 Å². The van der Waals surface area contributed by atoms with Gasteiger partial charge in [-0.3, -0.25) is 0 Å². The number of nitrogens with zero attached hydrogens (tertiary/aromatic N) is 1. The molecule has 0 aromatic heterocycles. The Morgan fingerprint density at radius 2 is 2.20 bits per heavy atom. The average molecular weight is 278 g/mol. The molecule has 2 aliphatic rings. The molecule has 1 aromatic carbocycles. The molecule has 1 aromatic rings. The normalized spacial score (nSPS) is 22.1. The van der Waals surface area contributed by atoms with Crippen LogP contribution in [0, 0.1) is 5.82 Å². The first-order valence-corrected chi connectivity index (χ1v) is 7.45. The summed E-state index contributed by atoms with van der Waals surface area (Å²) in [6.45, 7) is 7.10. The second-order valence-corrected chi connectivity index (χ2v) is 6.42. The highest BCUT2D eigenvalue weighted by atomic mass is 19.1. The highest BCUT2D eigenvalue weighted by Gasteiger charge is 2.29. The van der Waals surface area contributed by atoms with Crippen LogP contribution in [0.3, 0.4) is 0 Å². The zero-order valence-electron chi connectivity index (χ0n) is 12.3. The van der Waals surface area contributed by atoms with Crippen molar-refractivity contribution >= 4 is 5.69 Å². The molecule has 0 spiro atoms. The van der Waals surface area contributed by atoms with Crippen LogP contribution in [0.2, 0.25) is 0 Å². The molecule has 1 aliphatic heterocycles. The molecule has 0 unspecified atom stereocenters. The maximum Gasteiger partial charge on any atom is 0.129 e. The molecule has 2 fully saturated rings. The van der Waals surface area contributed by atoms with Crippen molar-refractivity contribution in [3.8, 4) is 0 Å². The number of ether oxygens (including phenoxy) is 1. The predicted octanol–water partition coefficient (Wildman–Crippen LogP) is 2.69. The number of rotatable bonds is 4. The zero-order valence-corrected chi connectivity index (χ0v) is 12.3. The minimum atomic E-state index is -0.175. The minimum absolute atomic E-state index is 0.111. The minimum Gasteiger partial charge on any atom is -0.372 e. The van der Waals surface area contributed by atoms with Crippen molar-refractivity contribution in [2.75, 3.05) is 24.6 Å². The summed E-state index contributed by atoms with van der Waals surface area (Å²) in [7, 11) is 0. The van der Waals surface area contributed by atoms with Gasteiger partial charge in [0.1, 0.15) is 5.82 Å². The zero-order chi connectivity index (χ0) is 14.2. The Kier molecular flexibility index (Phi) is 3.69. The summed E-state index contributed by atoms with van der Waals surface area (Å²) >= 11 is 0. The number of halogens is 1. The van der Waals surface area contributed by atoms with Gasteiger partial charge in [0.2, 0.25) is 0 Å². The molecule has 0 radical (unpaired) electrons. The summed E-state index contributed by atoms with van der Waals surface area (Å²) in [6, 6.07) is 5.96. The molecular weight excluding hydrogens is 255 g/mol. The Bertz CT molecular complexity index is 485. The van der Waals surface area contributed by atoms with Gasteiger partial charge in [-0.05, 0) is 38.8 Å². The molecule has 0 bridgehead atoms. The van der Waals surface area contributed by atoms with Crippen LogP contribution in [0.1, 0.15) is 32.3 Å². The maximum atomic E-state index is 14.2. The molecule has 1 saturated heterocycles. The average Bonchev–Trinajstić information content (AvgIpc) is 3.20. The fourth-order valence-electron chi connectivity index (χ4n) is 2.77. The Morgan fingerprint density at radius 1 is 1.40 bits per heavy atom. The Hall–Kier alpha value is -1.13. The highest BCUT2D eigenvalue weighted by Crippen LogP contribution is 2.29. The lowest BCUT2D eigenvalue weighted by Crippen LogP contribution is -2.48. The lowest BCUT2D eigenvalue weighted by molar-refractivity contribution is -0.0277. The Balaban J connectivity index is 1.81.